The molecule has 1 fully saturated rings. The number of benzene rings is 2. The van der Waals surface area contributed by atoms with Crippen LogP contribution in [0, 0.1) is 0 Å². The summed E-state index contributed by atoms with van der Waals surface area (Å²) in [5.41, 5.74) is -2.97. The van der Waals surface area contributed by atoms with E-state index in [4.69, 9.17) is 0 Å². The number of β-amino-alcohol motifs (C(OH)–C–C–N with tert-alkyl or cyclic N) is 1. The van der Waals surface area contributed by atoms with Crippen molar-refractivity contribution in [3.8, 4) is 11.1 Å². The van der Waals surface area contributed by atoms with E-state index in [0.717, 1.165) is 5.69 Å². The standard InChI is InChI=1S/C31H34F6N4O3/c1-29(2,19-10-20(30(32,33)34)12-21(11-19)31(35,36)37)28(44)40(5)26-15-38-27(41-16-24(43)13-23(41)17-42)14-25(26)18-6-8-22(9-7-18)39(3)4/h6-12,14-15,23-24,42-43H,13,16-17H2,1-5H3. The van der Waals surface area contributed by atoms with Crippen LogP contribution in [0.4, 0.5) is 43.5 Å². The van der Waals surface area contributed by atoms with Gasteiger partial charge in [-0.15, -0.1) is 0 Å². The van der Waals surface area contributed by atoms with Crippen molar-refractivity contribution in [3.63, 3.8) is 0 Å². The Morgan fingerprint density at radius 3 is 1.98 bits per heavy atom. The van der Waals surface area contributed by atoms with Crippen molar-refractivity contribution in [2.24, 2.45) is 0 Å². The third kappa shape index (κ3) is 6.63. The van der Waals surface area contributed by atoms with Gasteiger partial charge in [0.25, 0.3) is 0 Å². The van der Waals surface area contributed by atoms with Gasteiger partial charge in [0.05, 0.1) is 47.2 Å². The van der Waals surface area contributed by atoms with Crippen molar-refractivity contribution < 1.29 is 41.4 Å². The summed E-state index contributed by atoms with van der Waals surface area (Å²) >= 11 is 0. The van der Waals surface area contributed by atoms with Crippen LogP contribution in [-0.2, 0) is 22.6 Å². The van der Waals surface area contributed by atoms with Gasteiger partial charge in [-0.3, -0.25) is 4.79 Å². The molecule has 0 saturated carbocycles. The Kier molecular flexibility index (Phi) is 8.96. The van der Waals surface area contributed by atoms with Crippen LogP contribution in [-0.4, -0.2) is 67.5 Å². The number of hydrogen-bond acceptors (Lipinski definition) is 6. The quantitative estimate of drug-likeness (QED) is 0.328. The zero-order valence-corrected chi connectivity index (χ0v) is 24.8. The van der Waals surface area contributed by atoms with Crippen molar-refractivity contribution in [1.82, 2.24) is 4.98 Å². The number of pyridine rings is 1. The molecule has 13 heteroatoms. The van der Waals surface area contributed by atoms with Crippen LogP contribution in [0.1, 0.15) is 37.0 Å². The molecule has 0 aliphatic carbocycles. The Hall–Kier alpha value is -3.84. The molecule has 0 bridgehead atoms. The fraction of sp³-hybridized carbons (Fsp3) is 0.419. The van der Waals surface area contributed by atoms with Gasteiger partial charge in [-0.2, -0.15) is 26.3 Å². The van der Waals surface area contributed by atoms with E-state index in [1.165, 1.54) is 32.0 Å². The number of aromatic nitrogens is 1. The fourth-order valence-electron chi connectivity index (χ4n) is 5.35. The number of anilines is 3. The lowest BCUT2D eigenvalue weighted by Gasteiger charge is -2.32. The van der Waals surface area contributed by atoms with Gasteiger partial charge in [-0.05, 0) is 67.8 Å². The number of nitrogens with zero attached hydrogens (tertiary/aromatic N) is 4. The molecule has 2 heterocycles. The molecule has 2 unspecified atom stereocenters. The van der Waals surface area contributed by atoms with E-state index in [1.807, 2.05) is 43.3 Å². The first-order chi connectivity index (χ1) is 20.3. The Morgan fingerprint density at radius 2 is 1.48 bits per heavy atom. The minimum absolute atomic E-state index is 0.0286. The highest BCUT2D eigenvalue weighted by molar-refractivity contribution is 6.03. The van der Waals surface area contributed by atoms with Crippen molar-refractivity contribution >= 4 is 23.1 Å². The van der Waals surface area contributed by atoms with Crippen molar-refractivity contribution in [3.05, 3.63) is 71.4 Å². The first-order valence-electron chi connectivity index (χ1n) is 13.8. The van der Waals surface area contributed by atoms with Gasteiger partial charge in [0.15, 0.2) is 0 Å². The minimum Gasteiger partial charge on any atom is -0.394 e. The Balaban J connectivity index is 1.82. The van der Waals surface area contributed by atoms with Crippen LogP contribution in [0.5, 0.6) is 0 Å². The second-order valence-electron chi connectivity index (χ2n) is 11.7. The van der Waals surface area contributed by atoms with E-state index in [1.54, 1.807) is 11.0 Å². The number of aliphatic hydroxyl groups excluding tert-OH is 2. The molecule has 0 radical (unpaired) electrons. The van der Waals surface area contributed by atoms with Crippen LogP contribution in [0.15, 0.2) is 54.7 Å². The summed E-state index contributed by atoms with van der Waals surface area (Å²) in [5, 5.41) is 20.1. The van der Waals surface area contributed by atoms with Gasteiger partial charge in [0, 0.05) is 38.9 Å². The SMILES string of the molecule is CN(C)c1ccc(-c2cc(N3CC(O)CC3CO)ncc2N(C)C(=O)C(C)(C)c2cc(C(F)(F)F)cc(C(F)(F)F)c2)cc1. The van der Waals surface area contributed by atoms with Gasteiger partial charge >= 0.3 is 12.4 Å². The summed E-state index contributed by atoms with van der Waals surface area (Å²) in [7, 11) is 5.11. The molecule has 0 spiro atoms. The molecular weight excluding hydrogens is 590 g/mol. The molecule has 1 aromatic heterocycles. The number of halogens is 6. The molecule has 2 aromatic carbocycles. The largest absolute Gasteiger partial charge is 0.416 e. The second kappa shape index (κ2) is 11.9. The van der Waals surface area contributed by atoms with Gasteiger partial charge < -0.3 is 24.9 Å². The van der Waals surface area contributed by atoms with Gasteiger partial charge in [-0.25, -0.2) is 4.98 Å². The molecule has 7 nitrogen and oxygen atoms in total. The monoisotopic (exact) mass is 624 g/mol. The molecule has 238 valence electrons. The van der Waals surface area contributed by atoms with Crippen LogP contribution < -0.4 is 14.7 Å². The molecule has 2 N–H and O–H groups in total. The maximum Gasteiger partial charge on any atom is 0.416 e. The smallest absolute Gasteiger partial charge is 0.394 e. The van der Waals surface area contributed by atoms with E-state index < -0.39 is 52.5 Å². The normalized spacial score (nSPS) is 17.6. The summed E-state index contributed by atoms with van der Waals surface area (Å²) in [6, 6.07) is 9.77. The molecule has 1 aliphatic heterocycles. The van der Waals surface area contributed by atoms with Gasteiger partial charge in [-0.1, -0.05) is 12.1 Å². The van der Waals surface area contributed by atoms with E-state index in [9.17, 15) is 41.4 Å². The van der Waals surface area contributed by atoms with Crippen molar-refractivity contribution in [2.75, 3.05) is 49.0 Å². The zero-order chi connectivity index (χ0) is 32.8. The number of hydrogen-bond donors (Lipinski definition) is 2. The Labute approximate surface area is 251 Å². The van der Waals surface area contributed by atoms with Gasteiger partial charge in [0.2, 0.25) is 5.91 Å². The number of likely N-dealkylation sites (N-methyl/N-ethyl adjacent to an activating group) is 1. The topological polar surface area (TPSA) is 80.1 Å². The highest BCUT2D eigenvalue weighted by atomic mass is 19.4. The summed E-state index contributed by atoms with van der Waals surface area (Å²) in [6.07, 6.45) is -9.10. The number of carbonyl (C=O) groups is 1. The summed E-state index contributed by atoms with van der Waals surface area (Å²) in [6.45, 7) is 2.53. The number of rotatable bonds is 7. The average molecular weight is 625 g/mol. The summed E-state index contributed by atoms with van der Waals surface area (Å²) in [5.74, 6) is -0.348. The predicted octanol–water partition coefficient (Wildman–Crippen LogP) is 5.72. The summed E-state index contributed by atoms with van der Waals surface area (Å²) < 4.78 is 81.6. The lowest BCUT2D eigenvalue weighted by atomic mass is 9.81. The zero-order valence-electron chi connectivity index (χ0n) is 24.8. The molecule has 3 aromatic rings. The molecule has 1 amide bonds. The highest BCUT2D eigenvalue weighted by Gasteiger charge is 2.41. The fourth-order valence-corrected chi connectivity index (χ4v) is 5.35. The summed E-state index contributed by atoms with van der Waals surface area (Å²) in [4.78, 5) is 23.2. The van der Waals surface area contributed by atoms with E-state index in [2.05, 4.69) is 4.98 Å². The van der Waals surface area contributed by atoms with Crippen LogP contribution in [0.2, 0.25) is 0 Å². The predicted molar refractivity (Wildman–Crippen MR) is 156 cm³/mol. The number of aliphatic hydroxyl groups is 2. The Bertz CT molecular complexity index is 1470. The third-order valence-corrected chi connectivity index (χ3v) is 7.97. The Morgan fingerprint density at radius 1 is 0.932 bits per heavy atom. The van der Waals surface area contributed by atoms with E-state index in [0.29, 0.717) is 35.5 Å². The first kappa shape index (κ1) is 33.1. The maximum atomic E-state index is 13.9. The average Bonchev–Trinajstić information content (AvgIpc) is 3.35. The maximum absolute atomic E-state index is 13.9. The van der Waals surface area contributed by atoms with Crippen molar-refractivity contribution in [2.45, 2.75) is 50.2 Å². The molecule has 2 atom stereocenters. The first-order valence-corrected chi connectivity index (χ1v) is 13.8. The lowest BCUT2D eigenvalue weighted by Crippen LogP contribution is -2.42. The molecular formula is C31H34F6N4O3. The third-order valence-electron chi connectivity index (χ3n) is 7.97. The second-order valence-corrected chi connectivity index (χ2v) is 11.7. The lowest BCUT2D eigenvalue weighted by molar-refractivity contribution is -0.143. The van der Waals surface area contributed by atoms with E-state index in [-0.39, 0.29) is 24.9 Å². The van der Waals surface area contributed by atoms with Gasteiger partial charge in [0.1, 0.15) is 5.82 Å². The van der Waals surface area contributed by atoms with Crippen LogP contribution in [0.25, 0.3) is 11.1 Å². The molecule has 4 rings (SSSR count). The number of carbonyl (C=O) groups excluding carboxylic acids is 1. The highest BCUT2D eigenvalue weighted by Crippen LogP contribution is 2.41. The molecule has 1 saturated heterocycles. The van der Waals surface area contributed by atoms with Crippen LogP contribution >= 0.6 is 0 Å². The molecule has 44 heavy (non-hydrogen) atoms. The van der Waals surface area contributed by atoms with Crippen molar-refractivity contribution in [1.29, 1.82) is 0 Å². The number of alkyl halides is 6. The molecule has 1 aliphatic rings. The van der Waals surface area contributed by atoms with E-state index >= 15 is 0 Å². The minimum atomic E-state index is -5.07. The van der Waals surface area contributed by atoms with Crippen LogP contribution in [0.3, 0.4) is 0 Å². The number of amides is 1.